The standard InChI is InChI=1S/C19H21NO3/c21-19(16-6-2-1-3-7-16)22-14-15-5-4-8-18(13-15)23-17-9-11-20-12-10-17/h1-8,13,17,20H,9-12,14H2. The lowest BCUT2D eigenvalue weighted by Crippen LogP contribution is -2.34. The molecule has 3 rings (SSSR count). The van der Waals surface area contributed by atoms with E-state index >= 15 is 0 Å². The largest absolute Gasteiger partial charge is 0.490 e. The highest BCUT2D eigenvalue weighted by molar-refractivity contribution is 5.89. The minimum atomic E-state index is -0.310. The summed E-state index contributed by atoms with van der Waals surface area (Å²) in [5, 5.41) is 3.32. The first-order chi connectivity index (χ1) is 11.3. The van der Waals surface area contributed by atoms with Crippen molar-refractivity contribution in [2.24, 2.45) is 0 Å². The van der Waals surface area contributed by atoms with Crippen molar-refractivity contribution in [1.82, 2.24) is 5.32 Å². The molecule has 1 aliphatic rings. The molecule has 0 atom stereocenters. The third-order valence-electron chi connectivity index (χ3n) is 3.87. The highest BCUT2D eigenvalue weighted by Crippen LogP contribution is 2.19. The molecule has 0 saturated carbocycles. The number of rotatable bonds is 5. The summed E-state index contributed by atoms with van der Waals surface area (Å²) in [6.07, 6.45) is 2.30. The third-order valence-corrected chi connectivity index (χ3v) is 3.87. The molecule has 2 aromatic carbocycles. The third kappa shape index (κ3) is 4.57. The first-order valence-corrected chi connectivity index (χ1v) is 8.00. The van der Waals surface area contributed by atoms with E-state index in [-0.39, 0.29) is 18.7 Å². The normalized spacial score (nSPS) is 15.1. The van der Waals surface area contributed by atoms with Crippen molar-refractivity contribution in [1.29, 1.82) is 0 Å². The van der Waals surface area contributed by atoms with Crippen LogP contribution in [0.15, 0.2) is 54.6 Å². The maximum atomic E-state index is 12.0. The van der Waals surface area contributed by atoms with Crippen LogP contribution < -0.4 is 10.1 Å². The molecule has 120 valence electrons. The van der Waals surface area contributed by atoms with Crippen LogP contribution in [0, 0.1) is 0 Å². The zero-order chi connectivity index (χ0) is 15.9. The maximum absolute atomic E-state index is 12.0. The van der Waals surface area contributed by atoms with Crippen LogP contribution in [0.5, 0.6) is 5.75 Å². The molecule has 4 nitrogen and oxygen atoms in total. The Labute approximate surface area is 136 Å². The van der Waals surface area contributed by atoms with Crippen molar-refractivity contribution < 1.29 is 14.3 Å². The predicted octanol–water partition coefficient (Wildman–Crippen LogP) is 3.17. The molecular weight excluding hydrogens is 290 g/mol. The van der Waals surface area contributed by atoms with Crippen molar-refractivity contribution in [3.63, 3.8) is 0 Å². The van der Waals surface area contributed by atoms with Crippen molar-refractivity contribution >= 4 is 5.97 Å². The molecule has 0 spiro atoms. The van der Waals surface area contributed by atoms with E-state index in [9.17, 15) is 4.79 Å². The first-order valence-electron chi connectivity index (χ1n) is 8.00. The molecule has 1 heterocycles. The predicted molar refractivity (Wildman–Crippen MR) is 88.5 cm³/mol. The van der Waals surface area contributed by atoms with E-state index in [1.165, 1.54) is 0 Å². The summed E-state index contributed by atoms with van der Waals surface area (Å²) >= 11 is 0. The van der Waals surface area contributed by atoms with Crippen LogP contribution in [0.2, 0.25) is 0 Å². The quantitative estimate of drug-likeness (QED) is 0.862. The molecule has 1 N–H and O–H groups in total. The van der Waals surface area contributed by atoms with Gasteiger partial charge < -0.3 is 14.8 Å². The molecule has 0 bridgehead atoms. The maximum Gasteiger partial charge on any atom is 0.338 e. The second kappa shape index (κ2) is 7.79. The van der Waals surface area contributed by atoms with E-state index in [0.29, 0.717) is 5.56 Å². The van der Waals surface area contributed by atoms with E-state index in [0.717, 1.165) is 37.2 Å². The Hall–Kier alpha value is -2.33. The number of esters is 1. The van der Waals surface area contributed by atoms with E-state index in [4.69, 9.17) is 9.47 Å². The molecule has 23 heavy (non-hydrogen) atoms. The minimum absolute atomic E-state index is 0.247. The number of nitrogens with one attached hydrogen (secondary N) is 1. The summed E-state index contributed by atoms with van der Waals surface area (Å²) in [7, 11) is 0. The number of ether oxygens (including phenoxy) is 2. The average Bonchev–Trinajstić information content (AvgIpc) is 2.62. The lowest BCUT2D eigenvalue weighted by molar-refractivity contribution is 0.0472. The van der Waals surface area contributed by atoms with Crippen LogP contribution in [-0.2, 0) is 11.3 Å². The number of piperidine rings is 1. The van der Waals surface area contributed by atoms with Crippen LogP contribution in [-0.4, -0.2) is 25.2 Å². The summed E-state index contributed by atoms with van der Waals surface area (Å²) in [4.78, 5) is 12.0. The van der Waals surface area contributed by atoms with Gasteiger partial charge in [0.25, 0.3) is 0 Å². The van der Waals surface area contributed by atoms with E-state index in [1.54, 1.807) is 12.1 Å². The summed E-state index contributed by atoms with van der Waals surface area (Å²) in [6.45, 7) is 2.25. The SMILES string of the molecule is O=C(OCc1cccc(OC2CCNCC2)c1)c1ccccc1. The Morgan fingerprint density at radius 2 is 1.83 bits per heavy atom. The van der Waals surface area contributed by atoms with E-state index < -0.39 is 0 Å². The minimum Gasteiger partial charge on any atom is -0.490 e. The van der Waals surface area contributed by atoms with E-state index in [1.807, 2.05) is 42.5 Å². The molecule has 0 unspecified atom stereocenters. The van der Waals surface area contributed by atoms with Gasteiger partial charge in [-0.25, -0.2) is 4.79 Å². The van der Waals surface area contributed by atoms with Crippen LogP contribution in [0.25, 0.3) is 0 Å². The molecule has 2 aromatic rings. The number of hydrogen-bond donors (Lipinski definition) is 1. The lowest BCUT2D eigenvalue weighted by Gasteiger charge is -2.24. The molecule has 0 aromatic heterocycles. The van der Waals surface area contributed by atoms with Crippen LogP contribution >= 0.6 is 0 Å². The fourth-order valence-electron chi connectivity index (χ4n) is 2.62. The number of carbonyl (C=O) groups excluding carboxylic acids is 1. The number of carbonyl (C=O) groups is 1. The molecule has 1 saturated heterocycles. The topological polar surface area (TPSA) is 47.6 Å². The van der Waals surface area contributed by atoms with Crippen LogP contribution in [0.3, 0.4) is 0 Å². The molecule has 1 aliphatic heterocycles. The Kier molecular flexibility index (Phi) is 5.27. The Bertz CT molecular complexity index is 636. The van der Waals surface area contributed by atoms with Gasteiger partial charge in [0.2, 0.25) is 0 Å². The van der Waals surface area contributed by atoms with Crippen LogP contribution in [0.4, 0.5) is 0 Å². The molecule has 1 fully saturated rings. The van der Waals surface area contributed by atoms with Gasteiger partial charge in [0.1, 0.15) is 18.5 Å². The number of benzene rings is 2. The van der Waals surface area contributed by atoms with Gasteiger partial charge in [-0.1, -0.05) is 30.3 Å². The molecule has 0 amide bonds. The Morgan fingerprint density at radius 3 is 2.61 bits per heavy atom. The van der Waals surface area contributed by atoms with Gasteiger partial charge in [0.15, 0.2) is 0 Å². The fraction of sp³-hybridized carbons (Fsp3) is 0.316. The second-order valence-corrected chi connectivity index (χ2v) is 5.66. The zero-order valence-electron chi connectivity index (χ0n) is 13.0. The first kappa shape index (κ1) is 15.6. The zero-order valence-corrected chi connectivity index (χ0v) is 13.0. The van der Waals surface area contributed by atoms with Gasteiger partial charge >= 0.3 is 5.97 Å². The fourth-order valence-corrected chi connectivity index (χ4v) is 2.62. The van der Waals surface area contributed by atoms with Crippen molar-refractivity contribution in [3.8, 4) is 5.75 Å². The van der Waals surface area contributed by atoms with Gasteiger partial charge in [-0.2, -0.15) is 0 Å². The summed E-state index contributed by atoms with van der Waals surface area (Å²) < 4.78 is 11.4. The van der Waals surface area contributed by atoms with Gasteiger partial charge in [0.05, 0.1) is 5.56 Å². The molecular formula is C19H21NO3. The lowest BCUT2D eigenvalue weighted by atomic mass is 10.1. The Morgan fingerprint density at radius 1 is 1.04 bits per heavy atom. The van der Waals surface area contributed by atoms with Gasteiger partial charge in [-0.3, -0.25) is 0 Å². The number of hydrogen-bond acceptors (Lipinski definition) is 4. The summed E-state index contributed by atoms with van der Waals surface area (Å²) in [5.74, 6) is 0.528. The molecule has 4 heteroatoms. The van der Waals surface area contributed by atoms with Crippen molar-refractivity contribution in [3.05, 3.63) is 65.7 Å². The monoisotopic (exact) mass is 311 g/mol. The van der Waals surface area contributed by atoms with Gasteiger partial charge in [0, 0.05) is 0 Å². The highest BCUT2D eigenvalue weighted by Gasteiger charge is 2.14. The Balaban J connectivity index is 1.56. The van der Waals surface area contributed by atoms with Crippen molar-refractivity contribution in [2.45, 2.75) is 25.6 Å². The van der Waals surface area contributed by atoms with E-state index in [2.05, 4.69) is 5.32 Å². The molecule has 0 radical (unpaired) electrons. The average molecular weight is 311 g/mol. The van der Waals surface area contributed by atoms with Crippen molar-refractivity contribution in [2.75, 3.05) is 13.1 Å². The highest BCUT2D eigenvalue weighted by atomic mass is 16.5. The smallest absolute Gasteiger partial charge is 0.338 e. The summed E-state index contributed by atoms with van der Waals surface area (Å²) in [6, 6.07) is 16.8. The van der Waals surface area contributed by atoms with Gasteiger partial charge in [-0.15, -0.1) is 0 Å². The molecule has 0 aliphatic carbocycles. The summed E-state index contributed by atoms with van der Waals surface area (Å²) in [5.41, 5.74) is 1.50. The van der Waals surface area contributed by atoms with Gasteiger partial charge in [-0.05, 0) is 55.8 Å². The van der Waals surface area contributed by atoms with Crippen LogP contribution in [0.1, 0.15) is 28.8 Å². The second-order valence-electron chi connectivity index (χ2n) is 5.66.